The number of benzene rings is 1. The monoisotopic (exact) mass is 378 g/mol. The molecule has 1 aromatic heterocycles. The Morgan fingerprint density at radius 2 is 2.14 bits per heavy atom. The maximum atomic E-state index is 11.8. The molecule has 1 saturated carbocycles. The topological polar surface area (TPSA) is 111 Å². The van der Waals surface area contributed by atoms with E-state index in [4.69, 9.17) is 0 Å². The maximum Gasteiger partial charge on any atom is 0.228 e. The average molecular weight is 378 g/mol. The van der Waals surface area contributed by atoms with Crippen molar-refractivity contribution in [1.29, 1.82) is 5.26 Å². The molecule has 0 unspecified atom stereocenters. The van der Waals surface area contributed by atoms with Gasteiger partial charge in [-0.25, -0.2) is 4.98 Å². The Balaban J connectivity index is 1.79. The Kier molecular flexibility index (Phi) is 5.96. The van der Waals surface area contributed by atoms with E-state index >= 15 is 0 Å². The molecule has 144 valence electrons. The van der Waals surface area contributed by atoms with Crippen molar-refractivity contribution in [1.82, 2.24) is 14.9 Å². The van der Waals surface area contributed by atoms with Crippen LogP contribution in [0.1, 0.15) is 18.4 Å². The molecule has 0 aliphatic heterocycles. The summed E-state index contributed by atoms with van der Waals surface area (Å²) in [5.41, 5.74) is 2.36. The van der Waals surface area contributed by atoms with Gasteiger partial charge in [-0.2, -0.15) is 5.26 Å². The number of carbonyl (C=O) groups is 2. The van der Waals surface area contributed by atoms with Crippen molar-refractivity contribution in [3.05, 3.63) is 36.2 Å². The SMILES string of the molecule is CN(C)C[C@H](C=O)Nc1cc(-c2cnc(NC(=O)C3CC3)cn2)ccc1C#N. The Labute approximate surface area is 163 Å². The van der Waals surface area contributed by atoms with Crippen LogP contribution in [0.4, 0.5) is 11.5 Å². The minimum atomic E-state index is -0.441. The molecular weight excluding hydrogens is 356 g/mol. The highest BCUT2D eigenvalue weighted by atomic mass is 16.2. The van der Waals surface area contributed by atoms with Gasteiger partial charge < -0.3 is 20.3 Å². The Bertz CT molecular complexity index is 900. The molecule has 2 aromatic rings. The molecule has 0 saturated heterocycles. The van der Waals surface area contributed by atoms with Gasteiger partial charge in [-0.3, -0.25) is 9.78 Å². The number of hydrogen-bond acceptors (Lipinski definition) is 7. The lowest BCUT2D eigenvalue weighted by Gasteiger charge is -2.19. The number of carbonyl (C=O) groups excluding carboxylic acids is 2. The lowest BCUT2D eigenvalue weighted by atomic mass is 10.1. The molecule has 3 rings (SSSR count). The first-order chi connectivity index (χ1) is 13.5. The molecule has 0 bridgehead atoms. The lowest BCUT2D eigenvalue weighted by molar-refractivity contribution is -0.117. The smallest absolute Gasteiger partial charge is 0.228 e. The zero-order valence-electron chi connectivity index (χ0n) is 15.8. The predicted octanol–water partition coefficient (Wildman–Crippen LogP) is 1.90. The van der Waals surface area contributed by atoms with Crippen molar-refractivity contribution >= 4 is 23.7 Å². The summed E-state index contributed by atoms with van der Waals surface area (Å²) in [6.45, 7) is 0.508. The lowest BCUT2D eigenvalue weighted by Crippen LogP contribution is -2.33. The van der Waals surface area contributed by atoms with Crippen LogP contribution in [0.25, 0.3) is 11.3 Å². The third-order valence-corrected chi connectivity index (χ3v) is 4.35. The van der Waals surface area contributed by atoms with Crippen LogP contribution in [0.3, 0.4) is 0 Å². The van der Waals surface area contributed by atoms with E-state index in [-0.39, 0.29) is 11.8 Å². The van der Waals surface area contributed by atoms with Crippen molar-refractivity contribution in [2.45, 2.75) is 18.9 Å². The second-order valence-corrected chi connectivity index (χ2v) is 7.07. The second kappa shape index (κ2) is 8.59. The highest BCUT2D eigenvalue weighted by Gasteiger charge is 2.29. The quantitative estimate of drug-likeness (QED) is 0.675. The minimum absolute atomic E-state index is 0.0206. The molecule has 1 amide bonds. The fourth-order valence-electron chi connectivity index (χ4n) is 2.75. The van der Waals surface area contributed by atoms with Crippen LogP contribution in [-0.4, -0.2) is 53.7 Å². The van der Waals surface area contributed by atoms with Crippen molar-refractivity contribution in [2.24, 2.45) is 5.92 Å². The zero-order chi connectivity index (χ0) is 20.1. The molecule has 1 aliphatic carbocycles. The zero-order valence-corrected chi connectivity index (χ0v) is 15.8. The summed E-state index contributed by atoms with van der Waals surface area (Å²) in [5.74, 6) is 0.494. The van der Waals surface area contributed by atoms with Crippen LogP contribution in [0.15, 0.2) is 30.6 Å². The molecule has 1 aromatic carbocycles. The van der Waals surface area contributed by atoms with Gasteiger partial charge in [-0.1, -0.05) is 6.07 Å². The van der Waals surface area contributed by atoms with Crippen molar-refractivity contribution in [3.63, 3.8) is 0 Å². The Hall–Kier alpha value is -3.31. The van der Waals surface area contributed by atoms with E-state index in [1.165, 1.54) is 6.20 Å². The van der Waals surface area contributed by atoms with Gasteiger partial charge in [0, 0.05) is 18.0 Å². The largest absolute Gasteiger partial charge is 0.373 e. The normalized spacial score (nSPS) is 14.2. The molecule has 1 aliphatic rings. The van der Waals surface area contributed by atoms with Crippen LogP contribution in [0.5, 0.6) is 0 Å². The average Bonchev–Trinajstić information content (AvgIpc) is 3.53. The van der Waals surface area contributed by atoms with Gasteiger partial charge in [-0.15, -0.1) is 0 Å². The summed E-state index contributed by atoms with van der Waals surface area (Å²) >= 11 is 0. The van der Waals surface area contributed by atoms with Crippen LogP contribution in [0, 0.1) is 17.2 Å². The standard InChI is InChI=1S/C20H22N6O2/c1-26(2)11-16(12-27)24-17-7-14(5-6-15(17)8-21)18-9-23-19(10-22-18)25-20(28)13-3-4-13/h5-7,9-10,12-13,16,24H,3-4,11H2,1-2H3,(H,23,25,28)/t16-/m1/s1. The fourth-order valence-corrected chi connectivity index (χ4v) is 2.75. The number of likely N-dealkylation sites (N-methyl/N-ethyl adjacent to an activating group) is 1. The second-order valence-electron chi connectivity index (χ2n) is 7.07. The molecule has 0 spiro atoms. The van der Waals surface area contributed by atoms with E-state index in [0.717, 1.165) is 24.7 Å². The molecule has 8 heteroatoms. The highest BCUT2D eigenvalue weighted by molar-refractivity contribution is 5.93. The number of aldehydes is 1. The van der Waals surface area contributed by atoms with E-state index in [0.29, 0.717) is 29.3 Å². The first kappa shape index (κ1) is 19.5. The van der Waals surface area contributed by atoms with Crippen LogP contribution in [0.2, 0.25) is 0 Å². The summed E-state index contributed by atoms with van der Waals surface area (Å²) in [5, 5.41) is 15.2. The van der Waals surface area contributed by atoms with Gasteiger partial charge in [0.05, 0.1) is 35.4 Å². The molecule has 28 heavy (non-hydrogen) atoms. The van der Waals surface area contributed by atoms with E-state index in [1.807, 2.05) is 19.0 Å². The molecular formula is C20H22N6O2. The van der Waals surface area contributed by atoms with Crippen molar-refractivity contribution < 1.29 is 9.59 Å². The molecule has 0 radical (unpaired) electrons. The first-order valence-corrected chi connectivity index (χ1v) is 9.04. The van der Waals surface area contributed by atoms with Crippen LogP contribution in [-0.2, 0) is 9.59 Å². The van der Waals surface area contributed by atoms with Crippen molar-refractivity contribution in [2.75, 3.05) is 31.3 Å². The summed E-state index contributed by atoms with van der Waals surface area (Å²) < 4.78 is 0. The third kappa shape index (κ3) is 4.90. The van der Waals surface area contributed by atoms with Gasteiger partial charge in [0.2, 0.25) is 5.91 Å². The summed E-state index contributed by atoms with van der Waals surface area (Å²) in [6.07, 6.45) is 5.76. The van der Waals surface area contributed by atoms with Gasteiger partial charge in [0.15, 0.2) is 5.82 Å². The number of anilines is 2. The maximum absolute atomic E-state index is 11.8. The molecule has 1 heterocycles. The number of amides is 1. The number of aromatic nitrogens is 2. The van der Waals surface area contributed by atoms with E-state index in [9.17, 15) is 14.9 Å². The van der Waals surface area contributed by atoms with E-state index in [2.05, 4.69) is 26.7 Å². The Morgan fingerprint density at radius 3 is 2.71 bits per heavy atom. The molecule has 1 fully saturated rings. The summed E-state index contributed by atoms with van der Waals surface area (Å²) in [7, 11) is 3.75. The van der Waals surface area contributed by atoms with Crippen molar-refractivity contribution in [3.8, 4) is 17.3 Å². The Morgan fingerprint density at radius 1 is 1.36 bits per heavy atom. The fraction of sp³-hybridized carbons (Fsp3) is 0.350. The number of nitrogens with zero attached hydrogens (tertiary/aromatic N) is 4. The van der Waals surface area contributed by atoms with Gasteiger partial charge in [0.1, 0.15) is 12.4 Å². The number of hydrogen-bond donors (Lipinski definition) is 2. The minimum Gasteiger partial charge on any atom is -0.373 e. The molecule has 1 atom stereocenters. The highest BCUT2D eigenvalue weighted by Crippen LogP contribution is 2.30. The number of nitriles is 1. The van der Waals surface area contributed by atoms with Gasteiger partial charge in [0.25, 0.3) is 0 Å². The third-order valence-electron chi connectivity index (χ3n) is 4.35. The van der Waals surface area contributed by atoms with Gasteiger partial charge in [-0.05, 0) is 39.1 Å². The molecule has 2 N–H and O–H groups in total. The van der Waals surface area contributed by atoms with Crippen LogP contribution < -0.4 is 10.6 Å². The van der Waals surface area contributed by atoms with E-state index in [1.54, 1.807) is 24.4 Å². The summed E-state index contributed by atoms with van der Waals surface area (Å²) in [6, 6.07) is 6.92. The summed E-state index contributed by atoms with van der Waals surface area (Å²) in [4.78, 5) is 33.7. The molecule has 8 nitrogen and oxygen atoms in total. The van der Waals surface area contributed by atoms with E-state index < -0.39 is 6.04 Å². The number of nitrogens with one attached hydrogen (secondary N) is 2. The predicted molar refractivity (Wildman–Crippen MR) is 106 cm³/mol. The van der Waals surface area contributed by atoms with Gasteiger partial charge >= 0.3 is 0 Å². The van der Waals surface area contributed by atoms with Crippen LogP contribution >= 0.6 is 0 Å². The first-order valence-electron chi connectivity index (χ1n) is 9.04. The number of rotatable bonds is 8.